The molecule has 1 aromatic carbocycles. The van der Waals surface area contributed by atoms with Gasteiger partial charge < -0.3 is 20.1 Å². The molecule has 3 atom stereocenters. The summed E-state index contributed by atoms with van der Waals surface area (Å²) in [6.07, 6.45) is 4.36. The van der Waals surface area contributed by atoms with Crippen LogP contribution in [0.3, 0.4) is 0 Å². The predicted octanol–water partition coefficient (Wildman–Crippen LogP) is 5.54. The van der Waals surface area contributed by atoms with E-state index in [1.54, 1.807) is 12.1 Å². The fourth-order valence-electron chi connectivity index (χ4n) is 3.09. The second-order valence-electron chi connectivity index (χ2n) is 6.59. The summed E-state index contributed by atoms with van der Waals surface area (Å²) >= 11 is 3.55. The number of allylic oxidation sites excluding steroid dienone is 1. The molecule has 28 heavy (non-hydrogen) atoms. The molecule has 0 saturated carbocycles. The topological polar surface area (TPSA) is 69.9 Å². The zero-order chi connectivity index (χ0) is 20.7. The van der Waals surface area contributed by atoms with Gasteiger partial charge in [-0.3, -0.25) is 0 Å². The van der Waals surface area contributed by atoms with Gasteiger partial charge in [0, 0.05) is 10.8 Å². The number of benzene rings is 1. The minimum absolute atomic E-state index is 0.144. The second-order valence-corrected chi connectivity index (χ2v) is 8.73. The SMILES string of the molecule is C=C[C@H]([C@H](O)CC/C(=C/c1cc(I)c(O)c(OC)c1)CC)[C@H](O)c1cccs1. The van der Waals surface area contributed by atoms with Gasteiger partial charge in [-0.05, 0) is 71.0 Å². The van der Waals surface area contributed by atoms with Crippen molar-refractivity contribution in [2.24, 2.45) is 5.92 Å². The number of aromatic hydroxyl groups is 1. The van der Waals surface area contributed by atoms with E-state index in [2.05, 4.69) is 42.2 Å². The lowest BCUT2D eigenvalue weighted by atomic mass is 9.90. The number of hydrogen-bond acceptors (Lipinski definition) is 5. The van der Waals surface area contributed by atoms with Gasteiger partial charge in [0.1, 0.15) is 0 Å². The Bertz CT molecular complexity index is 801. The molecule has 1 heterocycles. The zero-order valence-electron chi connectivity index (χ0n) is 16.1. The number of aliphatic hydroxyl groups excluding tert-OH is 2. The molecular weight excluding hydrogens is 487 g/mol. The summed E-state index contributed by atoms with van der Waals surface area (Å²) in [6.45, 7) is 5.87. The van der Waals surface area contributed by atoms with E-state index in [0.717, 1.165) is 20.4 Å². The lowest BCUT2D eigenvalue weighted by Crippen LogP contribution is -2.24. The third kappa shape index (κ3) is 5.83. The fourth-order valence-corrected chi connectivity index (χ4v) is 4.48. The summed E-state index contributed by atoms with van der Waals surface area (Å²) in [6, 6.07) is 7.46. The maximum Gasteiger partial charge on any atom is 0.171 e. The largest absolute Gasteiger partial charge is 0.504 e. The van der Waals surface area contributed by atoms with Gasteiger partial charge in [0.25, 0.3) is 0 Å². The minimum atomic E-state index is -0.746. The summed E-state index contributed by atoms with van der Waals surface area (Å²) in [5.74, 6) is 0.177. The van der Waals surface area contributed by atoms with Crippen LogP contribution in [0.4, 0.5) is 0 Å². The van der Waals surface area contributed by atoms with Crippen LogP contribution < -0.4 is 4.74 Å². The Labute approximate surface area is 184 Å². The van der Waals surface area contributed by atoms with Gasteiger partial charge in [-0.2, -0.15) is 0 Å². The Morgan fingerprint density at radius 3 is 2.68 bits per heavy atom. The van der Waals surface area contributed by atoms with Gasteiger partial charge in [-0.25, -0.2) is 0 Å². The van der Waals surface area contributed by atoms with Crippen molar-refractivity contribution >= 4 is 40.0 Å². The van der Waals surface area contributed by atoms with E-state index >= 15 is 0 Å². The van der Waals surface area contributed by atoms with Gasteiger partial charge in [0.15, 0.2) is 11.5 Å². The summed E-state index contributed by atoms with van der Waals surface area (Å²) in [7, 11) is 1.53. The molecule has 0 fully saturated rings. The highest BCUT2D eigenvalue weighted by Crippen LogP contribution is 2.34. The minimum Gasteiger partial charge on any atom is -0.504 e. The molecule has 0 saturated heterocycles. The predicted molar refractivity (Wildman–Crippen MR) is 124 cm³/mol. The zero-order valence-corrected chi connectivity index (χ0v) is 19.1. The van der Waals surface area contributed by atoms with Crippen molar-refractivity contribution in [1.82, 2.24) is 0 Å². The number of methoxy groups -OCH3 is 1. The Morgan fingerprint density at radius 1 is 1.36 bits per heavy atom. The average molecular weight is 514 g/mol. The van der Waals surface area contributed by atoms with E-state index in [1.165, 1.54) is 24.0 Å². The van der Waals surface area contributed by atoms with E-state index < -0.39 is 18.1 Å². The number of rotatable bonds is 10. The number of phenolic OH excluding ortho intramolecular Hbond substituents is 1. The van der Waals surface area contributed by atoms with Crippen molar-refractivity contribution in [2.45, 2.75) is 38.4 Å². The van der Waals surface area contributed by atoms with Crippen LogP contribution in [0.25, 0.3) is 6.08 Å². The van der Waals surface area contributed by atoms with Gasteiger partial charge in [-0.1, -0.05) is 30.7 Å². The molecule has 0 bridgehead atoms. The number of thiophene rings is 1. The van der Waals surface area contributed by atoms with Crippen LogP contribution in [0.1, 0.15) is 42.7 Å². The van der Waals surface area contributed by atoms with Gasteiger partial charge in [0.2, 0.25) is 0 Å². The van der Waals surface area contributed by atoms with Gasteiger partial charge >= 0.3 is 0 Å². The monoisotopic (exact) mass is 514 g/mol. The number of ether oxygens (including phenoxy) is 1. The maximum atomic E-state index is 10.6. The molecule has 0 amide bonds. The van der Waals surface area contributed by atoms with E-state index in [9.17, 15) is 15.3 Å². The van der Waals surface area contributed by atoms with Crippen LogP contribution in [0.5, 0.6) is 11.5 Å². The lowest BCUT2D eigenvalue weighted by Gasteiger charge is -2.24. The standard InChI is InChI=1S/C22H27IO4S/c1-4-14(11-15-12-17(23)22(26)19(13-15)27-3)8-9-18(24)16(5-2)21(25)20-7-6-10-28-20/h5-7,10-13,16,18,21,24-26H,2,4,8-9H2,1,3H3/b14-11+/t16-,18-,21+/m1/s1. The van der Waals surface area contributed by atoms with Gasteiger partial charge in [0.05, 0.1) is 22.9 Å². The molecule has 2 aromatic rings. The first-order valence-corrected chi connectivity index (χ1v) is 11.1. The summed E-state index contributed by atoms with van der Waals surface area (Å²) < 4.78 is 5.95. The quantitative estimate of drug-likeness (QED) is 0.288. The van der Waals surface area contributed by atoms with Crippen LogP contribution in [0.15, 0.2) is 47.9 Å². The first-order chi connectivity index (χ1) is 13.4. The number of aliphatic hydroxyl groups is 2. The van der Waals surface area contributed by atoms with Crippen LogP contribution >= 0.6 is 33.9 Å². The smallest absolute Gasteiger partial charge is 0.171 e. The van der Waals surface area contributed by atoms with Crippen LogP contribution in [0, 0.1) is 9.49 Å². The second kappa shape index (κ2) is 11.0. The number of halogens is 1. The molecular formula is C22H27IO4S. The van der Waals surface area contributed by atoms with Crippen molar-refractivity contribution in [3.05, 3.63) is 61.9 Å². The van der Waals surface area contributed by atoms with E-state index in [0.29, 0.717) is 18.6 Å². The van der Waals surface area contributed by atoms with Crippen molar-refractivity contribution in [1.29, 1.82) is 0 Å². The molecule has 0 spiro atoms. The summed E-state index contributed by atoms with van der Waals surface area (Å²) in [5.41, 5.74) is 2.13. The molecule has 0 unspecified atom stereocenters. The summed E-state index contributed by atoms with van der Waals surface area (Å²) in [5, 5.41) is 33.1. The maximum absolute atomic E-state index is 10.6. The van der Waals surface area contributed by atoms with Crippen molar-refractivity contribution in [2.75, 3.05) is 7.11 Å². The Morgan fingerprint density at radius 2 is 2.11 bits per heavy atom. The fraction of sp³-hybridized carbons (Fsp3) is 0.364. The molecule has 152 valence electrons. The average Bonchev–Trinajstić information content (AvgIpc) is 3.22. The Hall–Kier alpha value is -1.35. The van der Waals surface area contributed by atoms with Crippen LogP contribution in [-0.4, -0.2) is 28.5 Å². The molecule has 2 rings (SSSR count). The molecule has 3 N–H and O–H groups in total. The number of phenols is 1. The molecule has 1 aromatic heterocycles. The first kappa shape index (κ1) is 22.9. The third-order valence-corrected chi connectivity index (χ3v) is 6.54. The third-order valence-electron chi connectivity index (χ3n) is 4.77. The Kier molecular flexibility index (Phi) is 9.01. The molecule has 0 radical (unpaired) electrons. The lowest BCUT2D eigenvalue weighted by molar-refractivity contribution is 0.0336. The van der Waals surface area contributed by atoms with Gasteiger partial charge in [-0.15, -0.1) is 17.9 Å². The molecule has 6 heteroatoms. The van der Waals surface area contributed by atoms with Crippen LogP contribution in [0.2, 0.25) is 0 Å². The first-order valence-electron chi connectivity index (χ1n) is 9.19. The van der Waals surface area contributed by atoms with Crippen molar-refractivity contribution in [3.63, 3.8) is 0 Å². The molecule has 4 nitrogen and oxygen atoms in total. The van der Waals surface area contributed by atoms with E-state index in [-0.39, 0.29) is 5.75 Å². The molecule has 0 aliphatic heterocycles. The normalized spacial score (nSPS) is 15.1. The van der Waals surface area contributed by atoms with E-state index in [1.807, 2.05) is 23.6 Å². The summed E-state index contributed by atoms with van der Waals surface area (Å²) in [4.78, 5) is 0.834. The van der Waals surface area contributed by atoms with Crippen LogP contribution in [-0.2, 0) is 0 Å². The highest BCUT2D eigenvalue weighted by Gasteiger charge is 2.26. The van der Waals surface area contributed by atoms with Crippen molar-refractivity contribution < 1.29 is 20.1 Å². The highest BCUT2D eigenvalue weighted by molar-refractivity contribution is 14.1. The number of hydrogen-bond donors (Lipinski definition) is 3. The van der Waals surface area contributed by atoms with Crippen molar-refractivity contribution in [3.8, 4) is 11.5 Å². The molecule has 0 aliphatic rings. The van der Waals surface area contributed by atoms with E-state index in [4.69, 9.17) is 4.74 Å². The Balaban J connectivity index is 2.09. The molecule has 0 aliphatic carbocycles. The highest BCUT2D eigenvalue weighted by atomic mass is 127.